The Morgan fingerprint density at radius 2 is 1.74 bits per heavy atom. The molecule has 2 amide bonds. The molecule has 6 heteroatoms. The number of amides is 2. The van der Waals surface area contributed by atoms with Crippen LogP contribution in [0.15, 0.2) is 48.5 Å². The molecule has 0 saturated carbocycles. The van der Waals surface area contributed by atoms with Gasteiger partial charge >= 0.3 is 0 Å². The van der Waals surface area contributed by atoms with E-state index >= 15 is 0 Å². The number of hydrogen-bond donors (Lipinski definition) is 2. The molecule has 1 unspecified atom stereocenters. The van der Waals surface area contributed by atoms with E-state index in [1.165, 1.54) is 6.92 Å². The maximum atomic E-state index is 12.2. The van der Waals surface area contributed by atoms with Crippen molar-refractivity contribution in [3.05, 3.63) is 64.1 Å². The van der Waals surface area contributed by atoms with Gasteiger partial charge in [0.25, 0.3) is 0 Å². The lowest BCUT2D eigenvalue weighted by molar-refractivity contribution is -0.120. The third kappa shape index (κ3) is 5.27. The van der Waals surface area contributed by atoms with Crippen LogP contribution in [0.2, 0.25) is 10.0 Å². The van der Waals surface area contributed by atoms with Crippen molar-refractivity contribution < 1.29 is 9.59 Å². The van der Waals surface area contributed by atoms with Crippen LogP contribution >= 0.6 is 23.2 Å². The fraction of sp³-hybridized carbons (Fsp3) is 0.176. The van der Waals surface area contributed by atoms with Gasteiger partial charge in [-0.25, -0.2) is 0 Å². The minimum atomic E-state index is -0.392. The Labute approximate surface area is 144 Å². The minimum absolute atomic E-state index is 0.115. The van der Waals surface area contributed by atoms with Crippen LogP contribution in [0.25, 0.3) is 0 Å². The van der Waals surface area contributed by atoms with E-state index in [1.807, 2.05) is 30.3 Å². The molecule has 0 aromatic heterocycles. The molecule has 0 aliphatic rings. The molecule has 0 aliphatic heterocycles. The van der Waals surface area contributed by atoms with E-state index in [4.69, 9.17) is 23.2 Å². The van der Waals surface area contributed by atoms with Crippen molar-refractivity contribution in [1.82, 2.24) is 5.32 Å². The molecular weight excluding hydrogens is 335 g/mol. The van der Waals surface area contributed by atoms with Gasteiger partial charge < -0.3 is 10.6 Å². The molecular formula is C17H16Cl2N2O2. The molecule has 23 heavy (non-hydrogen) atoms. The molecule has 0 heterocycles. The summed E-state index contributed by atoms with van der Waals surface area (Å²) in [5, 5.41) is 6.32. The predicted octanol–water partition coefficient (Wildman–Crippen LogP) is 4.20. The molecule has 0 saturated heterocycles. The van der Waals surface area contributed by atoms with Crippen molar-refractivity contribution in [2.45, 2.75) is 19.4 Å². The summed E-state index contributed by atoms with van der Waals surface area (Å²) >= 11 is 11.8. The highest BCUT2D eigenvalue weighted by atomic mass is 35.5. The first-order chi connectivity index (χ1) is 11.0. The van der Waals surface area contributed by atoms with Crippen molar-refractivity contribution in [1.29, 1.82) is 0 Å². The van der Waals surface area contributed by atoms with E-state index in [2.05, 4.69) is 10.6 Å². The summed E-state index contributed by atoms with van der Waals surface area (Å²) in [4.78, 5) is 23.6. The van der Waals surface area contributed by atoms with E-state index in [0.29, 0.717) is 15.7 Å². The first kappa shape index (κ1) is 17.3. The van der Waals surface area contributed by atoms with Gasteiger partial charge in [0.2, 0.25) is 11.8 Å². The van der Waals surface area contributed by atoms with Crippen molar-refractivity contribution in [2.75, 3.05) is 5.32 Å². The van der Waals surface area contributed by atoms with Crippen LogP contribution in [0, 0.1) is 0 Å². The first-order valence-electron chi connectivity index (χ1n) is 7.02. The summed E-state index contributed by atoms with van der Waals surface area (Å²) in [5.74, 6) is -0.424. The average molecular weight is 351 g/mol. The summed E-state index contributed by atoms with van der Waals surface area (Å²) in [5.41, 5.74) is 1.42. The lowest BCUT2D eigenvalue weighted by atomic mass is 10.0. The van der Waals surface area contributed by atoms with Crippen molar-refractivity contribution in [3.8, 4) is 0 Å². The summed E-state index contributed by atoms with van der Waals surface area (Å²) in [6.07, 6.45) is 0.115. The molecule has 2 aromatic rings. The molecule has 4 nitrogen and oxygen atoms in total. The molecule has 0 aliphatic carbocycles. The Hall–Kier alpha value is -2.04. The lowest BCUT2D eigenvalue weighted by Crippen LogP contribution is -2.29. The molecule has 120 valence electrons. The topological polar surface area (TPSA) is 58.2 Å². The number of rotatable bonds is 5. The van der Waals surface area contributed by atoms with Gasteiger partial charge in [0.05, 0.1) is 22.5 Å². The van der Waals surface area contributed by atoms with E-state index in [0.717, 1.165) is 5.56 Å². The zero-order valence-corrected chi connectivity index (χ0v) is 14.0. The van der Waals surface area contributed by atoms with Crippen LogP contribution in [0.5, 0.6) is 0 Å². The monoisotopic (exact) mass is 350 g/mol. The van der Waals surface area contributed by atoms with Gasteiger partial charge in [-0.3, -0.25) is 9.59 Å². The fourth-order valence-corrected chi connectivity index (χ4v) is 2.45. The summed E-state index contributed by atoms with van der Waals surface area (Å²) < 4.78 is 0. The number of nitrogens with one attached hydrogen (secondary N) is 2. The second-order valence-corrected chi connectivity index (χ2v) is 5.86. The number of anilines is 1. The zero-order chi connectivity index (χ0) is 16.8. The van der Waals surface area contributed by atoms with Crippen LogP contribution in [-0.4, -0.2) is 11.8 Å². The largest absolute Gasteiger partial charge is 0.349 e. The molecule has 0 fully saturated rings. The summed E-state index contributed by atoms with van der Waals surface area (Å²) in [7, 11) is 0. The second-order valence-electron chi connectivity index (χ2n) is 5.04. The Morgan fingerprint density at radius 3 is 2.35 bits per heavy atom. The zero-order valence-electron chi connectivity index (χ0n) is 12.5. The molecule has 2 rings (SSSR count). The Kier molecular flexibility index (Phi) is 6.02. The predicted molar refractivity (Wildman–Crippen MR) is 92.7 cm³/mol. The fourth-order valence-electron chi connectivity index (χ4n) is 2.15. The number of halogens is 2. The van der Waals surface area contributed by atoms with Gasteiger partial charge in [-0.1, -0.05) is 53.5 Å². The number of carbonyl (C=O) groups excluding carboxylic acids is 2. The van der Waals surface area contributed by atoms with Crippen LogP contribution in [-0.2, 0) is 9.59 Å². The standard InChI is InChI=1S/C17H16Cl2N2O2/c1-11(22)20-16(12-5-3-2-4-6-12)10-17(23)21-13-7-8-14(18)15(19)9-13/h2-9,16H,10H2,1H3,(H,20,22)(H,21,23). The summed E-state index contributed by atoms with van der Waals surface area (Å²) in [6.45, 7) is 1.42. The highest BCUT2D eigenvalue weighted by molar-refractivity contribution is 6.42. The normalized spacial score (nSPS) is 11.6. The average Bonchev–Trinajstić information content (AvgIpc) is 2.51. The third-order valence-corrected chi connectivity index (χ3v) is 3.91. The van der Waals surface area contributed by atoms with Gasteiger partial charge in [0, 0.05) is 12.6 Å². The smallest absolute Gasteiger partial charge is 0.226 e. The van der Waals surface area contributed by atoms with Gasteiger partial charge in [-0.05, 0) is 23.8 Å². The maximum Gasteiger partial charge on any atom is 0.226 e. The number of hydrogen-bond acceptors (Lipinski definition) is 2. The quantitative estimate of drug-likeness (QED) is 0.848. The van der Waals surface area contributed by atoms with Gasteiger partial charge in [-0.2, -0.15) is 0 Å². The molecule has 2 N–H and O–H groups in total. The SMILES string of the molecule is CC(=O)NC(CC(=O)Nc1ccc(Cl)c(Cl)c1)c1ccccc1. The van der Waals surface area contributed by atoms with Gasteiger partial charge in [-0.15, -0.1) is 0 Å². The highest BCUT2D eigenvalue weighted by Gasteiger charge is 2.17. The molecule has 1 atom stereocenters. The first-order valence-corrected chi connectivity index (χ1v) is 7.78. The van der Waals surface area contributed by atoms with Crippen LogP contribution in [0.4, 0.5) is 5.69 Å². The van der Waals surface area contributed by atoms with Crippen LogP contribution in [0.1, 0.15) is 24.9 Å². The van der Waals surface area contributed by atoms with E-state index in [-0.39, 0.29) is 18.2 Å². The Morgan fingerprint density at radius 1 is 1.04 bits per heavy atom. The number of benzene rings is 2. The minimum Gasteiger partial charge on any atom is -0.349 e. The second kappa shape index (κ2) is 7.99. The van der Waals surface area contributed by atoms with Gasteiger partial charge in [0.15, 0.2) is 0 Å². The Balaban J connectivity index is 2.08. The molecule has 0 bridgehead atoms. The van der Waals surface area contributed by atoms with Gasteiger partial charge in [0.1, 0.15) is 0 Å². The molecule has 0 spiro atoms. The Bertz CT molecular complexity index is 705. The molecule has 2 aromatic carbocycles. The lowest BCUT2D eigenvalue weighted by Gasteiger charge is -2.18. The highest BCUT2D eigenvalue weighted by Crippen LogP contribution is 2.25. The van der Waals surface area contributed by atoms with Crippen LogP contribution in [0.3, 0.4) is 0 Å². The van der Waals surface area contributed by atoms with E-state index in [1.54, 1.807) is 18.2 Å². The van der Waals surface area contributed by atoms with Crippen molar-refractivity contribution >= 4 is 40.7 Å². The van der Waals surface area contributed by atoms with Crippen molar-refractivity contribution in [2.24, 2.45) is 0 Å². The molecule has 0 radical (unpaired) electrons. The third-order valence-electron chi connectivity index (χ3n) is 3.17. The van der Waals surface area contributed by atoms with E-state index < -0.39 is 6.04 Å². The summed E-state index contributed by atoms with van der Waals surface area (Å²) in [6, 6.07) is 13.8. The van der Waals surface area contributed by atoms with Crippen LogP contribution < -0.4 is 10.6 Å². The maximum absolute atomic E-state index is 12.2. The van der Waals surface area contributed by atoms with E-state index in [9.17, 15) is 9.59 Å². The van der Waals surface area contributed by atoms with Crippen molar-refractivity contribution in [3.63, 3.8) is 0 Å². The number of carbonyl (C=O) groups is 2.